The number of anilines is 1. The van der Waals surface area contributed by atoms with Gasteiger partial charge in [-0.15, -0.1) is 0 Å². The third-order valence-electron chi connectivity index (χ3n) is 5.04. The molecular weight excluding hydrogens is 378 g/mol. The first-order valence-corrected chi connectivity index (χ1v) is 10.5. The quantitative estimate of drug-likeness (QED) is 0.557. The minimum Gasteiger partial charge on any atom is -0.493 e. The number of nitrogens with one attached hydrogen (secondary N) is 1. The molecule has 1 amide bonds. The molecule has 2 rings (SSSR count). The van der Waals surface area contributed by atoms with E-state index in [4.69, 9.17) is 9.47 Å². The number of amides is 1. The number of hydrogen-bond donors (Lipinski definition) is 1. The second-order valence-electron chi connectivity index (χ2n) is 8.51. The summed E-state index contributed by atoms with van der Waals surface area (Å²) in [5.41, 5.74) is 3.22. The normalized spacial score (nSPS) is 12.2. The van der Waals surface area contributed by atoms with Gasteiger partial charge < -0.3 is 14.8 Å². The lowest BCUT2D eigenvalue weighted by Gasteiger charge is -2.19. The van der Waals surface area contributed by atoms with Crippen molar-refractivity contribution in [2.75, 3.05) is 18.5 Å². The maximum Gasteiger partial charge on any atom is 0.309 e. The number of hydrogen-bond acceptors (Lipinski definition) is 4. The highest BCUT2D eigenvalue weighted by atomic mass is 16.5. The fourth-order valence-corrected chi connectivity index (χ4v) is 2.85. The standard InChI is InChI=1S/C25H33NO4/c1-6-18(2)19-7-11-21(12-8-19)26-23(27)17-30-24(28)15-16-29-22-13-9-20(10-14-22)25(3,4)5/h7-14,18H,6,15-17H2,1-5H3,(H,26,27)/t18-/m1/s1. The van der Waals surface area contributed by atoms with E-state index in [9.17, 15) is 9.59 Å². The molecule has 0 aliphatic rings. The monoisotopic (exact) mass is 411 g/mol. The minimum absolute atomic E-state index is 0.0813. The summed E-state index contributed by atoms with van der Waals surface area (Å²) in [5, 5.41) is 2.73. The van der Waals surface area contributed by atoms with Crippen molar-refractivity contribution in [3.05, 3.63) is 59.7 Å². The van der Waals surface area contributed by atoms with E-state index >= 15 is 0 Å². The van der Waals surface area contributed by atoms with Crippen molar-refractivity contribution in [3.63, 3.8) is 0 Å². The highest BCUT2D eigenvalue weighted by Gasteiger charge is 2.13. The number of carbonyl (C=O) groups is 2. The zero-order valence-electron chi connectivity index (χ0n) is 18.7. The highest BCUT2D eigenvalue weighted by molar-refractivity contribution is 5.92. The predicted molar refractivity (Wildman–Crippen MR) is 120 cm³/mol. The van der Waals surface area contributed by atoms with Crippen molar-refractivity contribution in [1.29, 1.82) is 0 Å². The van der Waals surface area contributed by atoms with Gasteiger partial charge in [0, 0.05) is 5.69 Å². The molecule has 0 aromatic heterocycles. The summed E-state index contributed by atoms with van der Waals surface area (Å²) >= 11 is 0. The summed E-state index contributed by atoms with van der Waals surface area (Å²) in [5.74, 6) is 0.352. The molecule has 5 heteroatoms. The number of carbonyl (C=O) groups excluding carboxylic acids is 2. The van der Waals surface area contributed by atoms with E-state index in [0.717, 1.165) is 6.42 Å². The summed E-state index contributed by atoms with van der Waals surface area (Å²) in [4.78, 5) is 23.8. The molecule has 0 saturated carbocycles. The first-order valence-electron chi connectivity index (χ1n) is 10.5. The Kier molecular flexibility index (Phi) is 8.46. The van der Waals surface area contributed by atoms with Crippen molar-refractivity contribution in [3.8, 4) is 5.75 Å². The van der Waals surface area contributed by atoms with Gasteiger partial charge in [-0.25, -0.2) is 0 Å². The Morgan fingerprint density at radius 1 is 1.00 bits per heavy atom. The van der Waals surface area contributed by atoms with Crippen molar-refractivity contribution in [2.24, 2.45) is 0 Å². The van der Waals surface area contributed by atoms with E-state index in [1.807, 2.05) is 48.5 Å². The van der Waals surface area contributed by atoms with Gasteiger partial charge in [-0.3, -0.25) is 9.59 Å². The summed E-state index contributed by atoms with van der Waals surface area (Å²) in [6, 6.07) is 15.6. The number of ether oxygens (including phenoxy) is 2. The molecule has 1 atom stereocenters. The van der Waals surface area contributed by atoms with Crippen LogP contribution in [0.3, 0.4) is 0 Å². The van der Waals surface area contributed by atoms with Gasteiger partial charge >= 0.3 is 5.97 Å². The molecule has 0 saturated heterocycles. The molecule has 2 aromatic carbocycles. The summed E-state index contributed by atoms with van der Waals surface area (Å²) < 4.78 is 10.6. The summed E-state index contributed by atoms with van der Waals surface area (Å²) in [6.45, 7) is 10.6. The van der Waals surface area contributed by atoms with Crippen LogP contribution in [0.2, 0.25) is 0 Å². The van der Waals surface area contributed by atoms with E-state index in [1.54, 1.807) is 0 Å². The molecule has 0 radical (unpaired) electrons. The fraction of sp³-hybridized carbons (Fsp3) is 0.440. The molecular formula is C25H33NO4. The second kappa shape index (κ2) is 10.8. The van der Waals surface area contributed by atoms with Crippen LogP contribution in [0.5, 0.6) is 5.75 Å². The third kappa shape index (κ3) is 7.54. The second-order valence-corrected chi connectivity index (χ2v) is 8.51. The Morgan fingerprint density at radius 2 is 1.63 bits per heavy atom. The summed E-state index contributed by atoms with van der Waals surface area (Å²) in [7, 11) is 0. The fourth-order valence-electron chi connectivity index (χ4n) is 2.85. The van der Waals surface area contributed by atoms with Crippen LogP contribution in [-0.2, 0) is 19.7 Å². The van der Waals surface area contributed by atoms with Crippen LogP contribution in [0.1, 0.15) is 64.5 Å². The lowest BCUT2D eigenvalue weighted by Crippen LogP contribution is -2.21. The minimum atomic E-state index is -0.469. The third-order valence-corrected chi connectivity index (χ3v) is 5.04. The summed E-state index contributed by atoms with van der Waals surface area (Å²) in [6.07, 6.45) is 1.14. The molecule has 5 nitrogen and oxygen atoms in total. The van der Waals surface area contributed by atoms with Crippen molar-refractivity contribution < 1.29 is 19.1 Å². The van der Waals surface area contributed by atoms with E-state index in [2.05, 4.69) is 39.9 Å². The van der Waals surface area contributed by atoms with Crippen LogP contribution in [0.15, 0.2) is 48.5 Å². The lowest BCUT2D eigenvalue weighted by atomic mass is 9.87. The Bertz CT molecular complexity index is 820. The van der Waals surface area contributed by atoms with E-state index in [1.165, 1.54) is 11.1 Å². The predicted octanol–water partition coefficient (Wildman–Crippen LogP) is 5.45. The van der Waals surface area contributed by atoms with Crippen molar-refractivity contribution >= 4 is 17.6 Å². The van der Waals surface area contributed by atoms with Crippen LogP contribution >= 0.6 is 0 Å². The molecule has 0 spiro atoms. The Morgan fingerprint density at radius 3 is 2.20 bits per heavy atom. The van der Waals surface area contributed by atoms with E-state index in [0.29, 0.717) is 17.4 Å². The van der Waals surface area contributed by atoms with Gasteiger partial charge in [-0.1, -0.05) is 58.9 Å². The molecule has 162 valence electrons. The molecule has 0 heterocycles. The van der Waals surface area contributed by atoms with Crippen molar-refractivity contribution in [2.45, 2.75) is 58.8 Å². The molecule has 0 aliphatic carbocycles. The Balaban J connectivity index is 1.68. The van der Waals surface area contributed by atoms with E-state index in [-0.39, 0.29) is 31.0 Å². The van der Waals surface area contributed by atoms with Crippen LogP contribution < -0.4 is 10.1 Å². The average Bonchev–Trinajstić information content (AvgIpc) is 2.72. The number of benzene rings is 2. The molecule has 1 N–H and O–H groups in total. The maximum atomic E-state index is 12.0. The smallest absolute Gasteiger partial charge is 0.309 e. The van der Waals surface area contributed by atoms with Gasteiger partial charge in [0.2, 0.25) is 0 Å². The van der Waals surface area contributed by atoms with Gasteiger partial charge in [0.05, 0.1) is 13.0 Å². The van der Waals surface area contributed by atoms with Gasteiger partial charge in [-0.05, 0) is 53.1 Å². The van der Waals surface area contributed by atoms with Gasteiger partial charge in [-0.2, -0.15) is 0 Å². The van der Waals surface area contributed by atoms with Gasteiger partial charge in [0.15, 0.2) is 6.61 Å². The zero-order valence-corrected chi connectivity index (χ0v) is 18.7. The van der Waals surface area contributed by atoms with Gasteiger partial charge in [0.25, 0.3) is 5.91 Å². The topological polar surface area (TPSA) is 64.6 Å². The Labute approximate surface area is 179 Å². The van der Waals surface area contributed by atoms with E-state index < -0.39 is 5.97 Å². The highest BCUT2D eigenvalue weighted by Crippen LogP contribution is 2.24. The largest absolute Gasteiger partial charge is 0.493 e. The van der Waals surface area contributed by atoms with Gasteiger partial charge in [0.1, 0.15) is 5.75 Å². The van der Waals surface area contributed by atoms with Crippen LogP contribution in [0.25, 0.3) is 0 Å². The zero-order chi connectivity index (χ0) is 22.1. The maximum absolute atomic E-state index is 12.0. The van der Waals surface area contributed by atoms with Crippen LogP contribution in [0.4, 0.5) is 5.69 Å². The SMILES string of the molecule is CC[C@@H](C)c1ccc(NC(=O)COC(=O)CCOc2ccc(C(C)(C)C)cc2)cc1. The number of esters is 1. The first-order chi connectivity index (χ1) is 14.2. The lowest BCUT2D eigenvalue weighted by molar-refractivity contribution is -0.147. The average molecular weight is 412 g/mol. The first kappa shape index (κ1) is 23.5. The van der Waals surface area contributed by atoms with Crippen LogP contribution in [-0.4, -0.2) is 25.1 Å². The molecule has 0 unspecified atom stereocenters. The molecule has 30 heavy (non-hydrogen) atoms. The molecule has 0 aliphatic heterocycles. The molecule has 0 bridgehead atoms. The van der Waals surface area contributed by atoms with Crippen LogP contribution in [0, 0.1) is 0 Å². The van der Waals surface area contributed by atoms with Crippen molar-refractivity contribution in [1.82, 2.24) is 0 Å². The number of rotatable bonds is 9. The molecule has 2 aromatic rings. The molecule has 0 fully saturated rings. The Hall–Kier alpha value is -2.82.